The van der Waals surface area contributed by atoms with Crippen LogP contribution in [0.2, 0.25) is 0 Å². The van der Waals surface area contributed by atoms with Crippen LogP contribution >= 0.6 is 15.9 Å². The number of rotatable bonds is 7. The van der Waals surface area contributed by atoms with E-state index < -0.39 is 11.9 Å². The van der Waals surface area contributed by atoms with Crippen molar-refractivity contribution in [1.29, 1.82) is 0 Å². The summed E-state index contributed by atoms with van der Waals surface area (Å²) in [6.45, 7) is 4.04. The Morgan fingerprint density at radius 2 is 1.93 bits per heavy atom. The Balaban J connectivity index is 1.84. The summed E-state index contributed by atoms with van der Waals surface area (Å²) in [6, 6.07) is 8.64. The number of hydrogen-bond donors (Lipinski definition) is 1. The van der Waals surface area contributed by atoms with E-state index in [2.05, 4.69) is 21.2 Å². The summed E-state index contributed by atoms with van der Waals surface area (Å²) in [5.41, 5.74) is 1.45. The topological polar surface area (TPSA) is 67.9 Å². The van der Waals surface area contributed by atoms with Crippen molar-refractivity contribution in [2.24, 2.45) is 0 Å². The Hall–Kier alpha value is -2.87. The van der Waals surface area contributed by atoms with Gasteiger partial charge in [-0.25, -0.2) is 9.18 Å². The number of amides is 3. The van der Waals surface area contributed by atoms with E-state index in [1.54, 1.807) is 18.2 Å². The van der Waals surface area contributed by atoms with Crippen molar-refractivity contribution in [3.8, 4) is 11.5 Å². The minimum Gasteiger partial charge on any atom is -0.493 e. The van der Waals surface area contributed by atoms with Crippen LogP contribution < -0.4 is 14.8 Å². The number of imide groups is 1. The molecular weight excluding hydrogens is 455 g/mol. The smallest absolute Gasteiger partial charge is 0.329 e. The number of nitrogens with one attached hydrogen (secondary N) is 1. The molecule has 3 rings (SSSR count). The van der Waals surface area contributed by atoms with Crippen LogP contribution in [0.1, 0.15) is 31.4 Å². The van der Waals surface area contributed by atoms with Crippen molar-refractivity contribution in [2.75, 3.05) is 7.11 Å². The monoisotopic (exact) mass is 476 g/mol. The van der Waals surface area contributed by atoms with Crippen molar-refractivity contribution in [2.45, 2.75) is 32.9 Å². The van der Waals surface area contributed by atoms with Gasteiger partial charge in [0.25, 0.3) is 5.91 Å². The van der Waals surface area contributed by atoms with Gasteiger partial charge in [-0.15, -0.1) is 0 Å². The van der Waals surface area contributed by atoms with Crippen LogP contribution in [0.15, 0.2) is 46.6 Å². The first-order chi connectivity index (χ1) is 14.3. The molecule has 0 radical (unpaired) electrons. The Bertz CT molecular complexity index is 991. The zero-order chi connectivity index (χ0) is 21.8. The lowest BCUT2D eigenvalue weighted by Gasteiger charge is -2.17. The fourth-order valence-electron chi connectivity index (χ4n) is 2.88. The van der Waals surface area contributed by atoms with Crippen LogP contribution in [-0.2, 0) is 11.3 Å². The molecular formula is C22H22BrFN2O4. The largest absolute Gasteiger partial charge is 0.493 e. The molecule has 0 aliphatic carbocycles. The van der Waals surface area contributed by atoms with E-state index in [1.165, 1.54) is 31.4 Å². The number of carbonyl (C=O) groups is 2. The molecule has 1 heterocycles. The summed E-state index contributed by atoms with van der Waals surface area (Å²) in [6.07, 6.45) is 2.42. The van der Waals surface area contributed by atoms with Crippen LogP contribution in [0.25, 0.3) is 6.08 Å². The fourth-order valence-corrected chi connectivity index (χ4v) is 3.43. The maximum atomic E-state index is 13.1. The first kappa shape index (κ1) is 21.8. The van der Waals surface area contributed by atoms with Crippen LogP contribution in [0, 0.1) is 5.82 Å². The van der Waals surface area contributed by atoms with Gasteiger partial charge in [0.1, 0.15) is 11.5 Å². The predicted octanol–water partition coefficient (Wildman–Crippen LogP) is 4.87. The van der Waals surface area contributed by atoms with E-state index in [4.69, 9.17) is 9.47 Å². The van der Waals surface area contributed by atoms with Gasteiger partial charge >= 0.3 is 6.03 Å². The normalized spacial score (nSPS) is 16.0. The second kappa shape index (κ2) is 9.30. The van der Waals surface area contributed by atoms with Gasteiger partial charge in [-0.3, -0.25) is 9.69 Å². The van der Waals surface area contributed by atoms with E-state index in [-0.39, 0.29) is 24.2 Å². The minimum atomic E-state index is -0.529. The van der Waals surface area contributed by atoms with E-state index in [0.717, 1.165) is 11.3 Å². The molecule has 158 valence electrons. The summed E-state index contributed by atoms with van der Waals surface area (Å²) in [7, 11) is 1.54. The third-order valence-corrected chi connectivity index (χ3v) is 5.26. The van der Waals surface area contributed by atoms with Crippen molar-refractivity contribution in [3.05, 3.63) is 63.5 Å². The lowest BCUT2D eigenvalue weighted by atomic mass is 10.1. The highest BCUT2D eigenvalue weighted by Gasteiger charge is 2.33. The van der Waals surface area contributed by atoms with Crippen molar-refractivity contribution >= 4 is 33.9 Å². The molecule has 1 fully saturated rings. The summed E-state index contributed by atoms with van der Waals surface area (Å²) < 4.78 is 25.1. The number of nitrogens with zero attached hydrogens (tertiary/aromatic N) is 1. The maximum absolute atomic E-state index is 13.1. The molecule has 0 aromatic heterocycles. The molecule has 2 aromatic rings. The number of ether oxygens (including phenoxy) is 2. The standard InChI is InChI=1S/C22H22BrFN2O4/c1-4-13(2)30-20-17(23)9-15(11-19(20)29-3)10-18-21(27)26(22(28)25-18)12-14-5-7-16(24)8-6-14/h5-11,13H,4,12H2,1-3H3,(H,25,28)/b18-10+/t13-/m1/s1. The van der Waals surface area contributed by atoms with Gasteiger partial charge in [0.05, 0.1) is 24.2 Å². The highest BCUT2D eigenvalue weighted by molar-refractivity contribution is 9.10. The average Bonchev–Trinajstić information content (AvgIpc) is 2.98. The molecule has 1 saturated heterocycles. The molecule has 1 N–H and O–H groups in total. The number of benzene rings is 2. The number of carbonyl (C=O) groups excluding carboxylic acids is 2. The molecule has 1 atom stereocenters. The summed E-state index contributed by atoms with van der Waals surface area (Å²) >= 11 is 3.49. The van der Waals surface area contributed by atoms with Gasteiger partial charge in [0, 0.05) is 0 Å². The Morgan fingerprint density at radius 1 is 1.23 bits per heavy atom. The SMILES string of the molecule is CC[C@@H](C)Oc1c(Br)cc(/C=C2/NC(=O)N(Cc3ccc(F)cc3)C2=O)cc1OC. The predicted molar refractivity (Wildman–Crippen MR) is 115 cm³/mol. The van der Waals surface area contributed by atoms with Gasteiger partial charge in [0.2, 0.25) is 0 Å². The molecule has 1 aliphatic rings. The zero-order valence-electron chi connectivity index (χ0n) is 16.9. The van der Waals surface area contributed by atoms with Gasteiger partial charge < -0.3 is 14.8 Å². The second-order valence-electron chi connectivity index (χ2n) is 6.88. The first-order valence-electron chi connectivity index (χ1n) is 9.45. The van der Waals surface area contributed by atoms with E-state index >= 15 is 0 Å². The fraction of sp³-hybridized carbons (Fsp3) is 0.273. The summed E-state index contributed by atoms with van der Waals surface area (Å²) in [5.74, 6) is 0.251. The zero-order valence-corrected chi connectivity index (χ0v) is 18.5. The quantitative estimate of drug-likeness (QED) is 0.457. The lowest BCUT2D eigenvalue weighted by Crippen LogP contribution is -2.30. The highest BCUT2D eigenvalue weighted by atomic mass is 79.9. The number of urea groups is 1. The van der Waals surface area contributed by atoms with E-state index in [0.29, 0.717) is 27.1 Å². The molecule has 3 amide bonds. The van der Waals surface area contributed by atoms with Gasteiger partial charge in [0.15, 0.2) is 11.5 Å². The Kier molecular flexibility index (Phi) is 6.77. The van der Waals surface area contributed by atoms with Crippen LogP contribution in [-0.4, -0.2) is 30.1 Å². The van der Waals surface area contributed by atoms with Crippen LogP contribution in [0.3, 0.4) is 0 Å². The Labute approximate surface area is 182 Å². The van der Waals surface area contributed by atoms with Gasteiger partial charge in [-0.1, -0.05) is 19.1 Å². The average molecular weight is 477 g/mol. The van der Waals surface area contributed by atoms with Crippen molar-refractivity contribution in [1.82, 2.24) is 10.2 Å². The van der Waals surface area contributed by atoms with E-state index in [1.807, 2.05) is 13.8 Å². The number of hydrogen-bond acceptors (Lipinski definition) is 4. The van der Waals surface area contributed by atoms with Crippen LogP contribution in [0.5, 0.6) is 11.5 Å². The molecule has 0 spiro atoms. The van der Waals surface area contributed by atoms with E-state index in [9.17, 15) is 14.0 Å². The number of methoxy groups -OCH3 is 1. The molecule has 8 heteroatoms. The lowest BCUT2D eigenvalue weighted by molar-refractivity contribution is -0.123. The third-order valence-electron chi connectivity index (χ3n) is 4.67. The highest BCUT2D eigenvalue weighted by Crippen LogP contribution is 2.38. The molecule has 6 nitrogen and oxygen atoms in total. The minimum absolute atomic E-state index is 0.00937. The summed E-state index contributed by atoms with van der Waals surface area (Å²) in [4.78, 5) is 26.1. The molecule has 1 aliphatic heterocycles. The Morgan fingerprint density at radius 3 is 2.57 bits per heavy atom. The molecule has 0 unspecified atom stereocenters. The van der Waals surface area contributed by atoms with Crippen molar-refractivity contribution < 1.29 is 23.5 Å². The summed E-state index contributed by atoms with van der Waals surface area (Å²) in [5, 5.41) is 2.58. The van der Waals surface area contributed by atoms with Crippen LogP contribution in [0.4, 0.5) is 9.18 Å². The molecule has 30 heavy (non-hydrogen) atoms. The molecule has 0 bridgehead atoms. The number of halogens is 2. The maximum Gasteiger partial charge on any atom is 0.329 e. The van der Waals surface area contributed by atoms with Gasteiger partial charge in [-0.2, -0.15) is 0 Å². The van der Waals surface area contributed by atoms with Crippen molar-refractivity contribution in [3.63, 3.8) is 0 Å². The van der Waals surface area contributed by atoms with Gasteiger partial charge in [-0.05, 0) is 70.7 Å². The molecule has 2 aromatic carbocycles. The second-order valence-corrected chi connectivity index (χ2v) is 7.73. The first-order valence-corrected chi connectivity index (χ1v) is 10.2. The molecule has 0 saturated carbocycles. The third kappa shape index (κ3) is 4.81.